The van der Waals surface area contributed by atoms with Crippen LogP contribution in [-0.2, 0) is 0 Å². The van der Waals surface area contributed by atoms with E-state index in [9.17, 15) is 4.79 Å². The fourth-order valence-corrected chi connectivity index (χ4v) is 0.798. The van der Waals surface area contributed by atoms with E-state index in [-0.39, 0.29) is 5.89 Å². The molecule has 0 aromatic carbocycles. The molecule has 0 radical (unpaired) electrons. The minimum absolute atomic E-state index is 0.0459. The molecular formula is C9H7NO2. The highest BCUT2D eigenvalue weighted by Crippen LogP contribution is 1.77. The van der Waals surface area contributed by atoms with Gasteiger partial charge in [-0.1, -0.05) is 12.0 Å². The van der Waals surface area contributed by atoms with Crippen molar-refractivity contribution in [3.05, 3.63) is 16.7 Å². The summed E-state index contributed by atoms with van der Waals surface area (Å²) in [6.45, 7) is 1.79. The minimum atomic E-state index is 0.0459. The summed E-state index contributed by atoms with van der Waals surface area (Å²) in [5.41, 5.74) is 0.446. The Morgan fingerprint density at radius 1 is 1.67 bits per heavy atom. The number of rotatable bonds is 1. The third kappa shape index (κ3) is 1.43. The first kappa shape index (κ1) is 8.28. The molecule has 0 saturated carbocycles. The molecular weight excluding hydrogens is 154 g/mol. The lowest BCUT2D eigenvalue weighted by molar-refractivity contribution is 0.109. The summed E-state index contributed by atoms with van der Waals surface area (Å²) in [6, 6.07) is 0. The quantitative estimate of drug-likeness (QED) is 0.419. The fourth-order valence-electron chi connectivity index (χ4n) is 0.798. The SMILES string of the molecule is C#CC=c1oc(C=O)nc1=CC. The topological polar surface area (TPSA) is 43.1 Å². The summed E-state index contributed by atoms with van der Waals surface area (Å²) in [7, 11) is 0. The molecule has 0 unspecified atom stereocenters. The van der Waals surface area contributed by atoms with Crippen molar-refractivity contribution in [2.75, 3.05) is 0 Å². The Morgan fingerprint density at radius 2 is 2.42 bits per heavy atom. The molecule has 0 N–H and O–H groups in total. The van der Waals surface area contributed by atoms with Crippen molar-refractivity contribution in [2.45, 2.75) is 6.92 Å². The average Bonchev–Trinajstić information content (AvgIpc) is 2.48. The number of oxazole rings is 1. The van der Waals surface area contributed by atoms with Gasteiger partial charge in [-0.3, -0.25) is 4.79 Å². The van der Waals surface area contributed by atoms with E-state index in [1.54, 1.807) is 13.0 Å². The maximum Gasteiger partial charge on any atom is 0.260 e. The second-order valence-corrected chi connectivity index (χ2v) is 2.02. The summed E-state index contributed by atoms with van der Waals surface area (Å²) in [5.74, 6) is 2.35. The van der Waals surface area contributed by atoms with Gasteiger partial charge in [0, 0.05) is 6.08 Å². The molecule has 1 rings (SSSR count). The van der Waals surface area contributed by atoms with Gasteiger partial charge >= 0.3 is 0 Å². The predicted octanol–water partition coefficient (Wildman–Crippen LogP) is -0.299. The standard InChI is InChI=1S/C9H7NO2/c1-3-5-8-7(4-2)10-9(6-11)12-8/h1,4-6H,2H3. The number of nitrogens with zero attached hydrogens (tertiary/aromatic N) is 1. The van der Waals surface area contributed by atoms with Gasteiger partial charge in [0.1, 0.15) is 5.35 Å². The Labute approximate surface area is 69.4 Å². The number of hydrogen-bond acceptors (Lipinski definition) is 3. The first-order chi connectivity index (χ1) is 5.81. The zero-order chi connectivity index (χ0) is 8.97. The first-order valence-electron chi connectivity index (χ1n) is 3.36. The van der Waals surface area contributed by atoms with Crippen molar-refractivity contribution in [2.24, 2.45) is 0 Å². The largest absolute Gasteiger partial charge is 0.433 e. The van der Waals surface area contributed by atoms with E-state index < -0.39 is 0 Å². The molecule has 1 aromatic heterocycles. The van der Waals surface area contributed by atoms with Crippen LogP contribution >= 0.6 is 0 Å². The second-order valence-electron chi connectivity index (χ2n) is 2.02. The molecule has 1 aromatic rings. The van der Waals surface area contributed by atoms with Crippen molar-refractivity contribution >= 4 is 18.4 Å². The Bertz CT molecular complexity index is 434. The number of carbonyl (C=O) groups is 1. The van der Waals surface area contributed by atoms with Gasteiger partial charge in [-0.15, -0.1) is 6.42 Å². The van der Waals surface area contributed by atoms with Gasteiger partial charge in [0.05, 0.1) is 0 Å². The molecule has 0 atom stereocenters. The molecule has 3 nitrogen and oxygen atoms in total. The Morgan fingerprint density at radius 3 is 2.92 bits per heavy atom. The van der Waals surface area contributed by atoms with Crippen LogP contribution in [0.3, 0.4) is 0 Å². The third-order valence-electron chi connectivity index (χ3n) is 1.29. The van der Waals surface area contributed by atoms with Gasteiger partial charge in [0.15, 0.2) is 5.42 Å². The smallest absolute Gasteiger partial charge is 0.260 e. The van der Waals surface area contributed by atoms with Crippen LogP contribution < -0.4 is 10.8 Å². The van der Waals surface area contributed by atoms with Gasteiger partial charge in [-0.25, -0.2) is 4.98 Å². The lowest BCUT2D eigenvalue weighted by Crippen LogP contribution is -2.20. The number of terminal acetylenes is 1. The van der Waals surface area contributed by atoms with Gasteiger partial charge in [-0.05, 0) is 6.92 Å². The highest BCUT2D eigenvalue weighted by molar-refractivity contribution is 5.67. The van der Waals surface area contributed by atoms with Gasteiger partial charge < -0.3 is 4.42 Å². The van der Waals surface area contributed by atoms with Crippen LogP contribution in [0.25, 0.3) is 12.2 Å². The molecule has 0 bridgehead atoms. The third-order valence-corrected chi connectivity index (χ3v) is 1.29. The van der Waals surface area contributed by atoms with Crippen LogP contribution in [0.15, 0.2) is 4.42 Å². The molecule has 3 heteroatoms. The van der Waals surface area contributed by atoms with Crippen molar-refractivity contribution in [1.29, 1.82) is 0 Å². The molecule has 0 saturated heterocycles. The lowest BCUT2D eigenvalue weighted by atomic mass is 10.5. The van der Waals surface area contributed by atoms with E-state index in [4.69, 9.17) is 10.8 Å². The number of hydrogen-bond donors (Lipinski definition) is 0. The minimum Gasteiger partial charge on any atom is -0.433 e. The lowest BCUT2D eigenvalue weighted by Gasteiger charge is -1.70. The van der Waals surface area contributed by atoms with Crippen LogP contribution in [0.4, 0.5) is 0 Å². The van der Waals surface area contributed by atoms with E-state index >= 15 is 0 Å². The summed E-state index contributed by atoms with van der Waals surface area (Å²) in [5, 5.41) is 0.593. The van der Waals surface area contributed by atoms with Crippen molar-refractivity contribution in [1.82, 2.24) is 4.98 Å². The van der Waals surface area contributed by atoms with Crippen LogP contribution in [0.1, 0.15) is 17.6 Å². The normalized spacial score (nSPS) is 13.0. The molecule has 0 spiro atoms. The molecule has 0 fully saturated rings. The van der Waals surface area contributed by atoms with Crippen LogP contribution in [-0.4, -0.2) is 11.3 Å². The zero-order valence-electron chi connectivity index (χ0n) is 6.57. The van der Waals surface area contributed by atoms with Crippen molar-refractivity contribution < 1.29 is 9.21 Å². The summed E-state index contributed by atoms with van der Waals surface area (Å²) >= 11 is 0. The first-order valence-corrected chi connectivity index (χ1v) is 3.36. The molecule has 0 amide bonds. The highest BCUT2D eigenvalue weighted by atomic mass is 16.4. The molecule has 0 aliphatic heterocycles. The predicted molar refractivity (Wildman–Crippen MR) is 44.6 cm³/mol. The number of carbonyl (C=O) groups excluding carboxylic acids is 1. The Kier molecular flexibility index (Phi) is 2.44. The average molecular weight is 161 g/mol. The number of aromatic nitrogens is 1. The van der Waals surface area contributed by atoms with Crippen molar-refractivity contribution in [3.63, 3.8) is 0 Å². The van der Waals surface area contributed by atoms with E-state index in [0.717, 1.165) is 0 Å². The monoisotopic (exact) mass is 161 g/mol. The summed E-state index contributed by atoms with van der Waals surface area (Å²) < 4.78 is 4.99. The fraction of sp³-hybridized carbons (Fsp3) is 0.111. The van der Waals surface area contributed by atoms with Crippen LogP contribution in [0, 0.1) is 12.3 Å². The molecule has 1 heterocycles. The Hall–Kier alpha value is -1.82. The van der Waals surface area contributed by atoms with Crippen LogP contribution in [0.2, 0.25) is 0 Å². The van der Waals surface area contributed by atoms with Gasteiger partial charge in [-0.2, -0.15) is 0 Å². The van der Waals surface area contributed by atoms with E-state index in [1.165, 1.54) is 6.08 Å². The molecule has 0 aliphatic carbocycles. The van der Waals surface area contributed by atoms with E-state index in [0.29, 0.717) is 17.1 Å². The summed E-state index contributed by atoms with van der Waals surface area (Å²) in [6.07, 6.45) is 8.73. The zero-order valence-corrected chi connectivity index (χ0v) is 6.57. The van der Waals surface area contributed by atoms with Gasteiger partial charge in [0.2, 0.25) is 6.29 Å². The maximum absolute atomic E-state index is 10.3. The highest BCUT2D eigenvalue weighted by Gasteiger charge is 1.97. The second kappa shape index (κ2) is 3.54. The molecule has 12 heavy (non-hydrogen) atoms. The van der Waals surface area contributed by atoms with Crippen molar-refractivity contribution in [3.8, 4) is 12.3 Å². The van der Waals surface area contributed by atoms with E-state index in [2.05, 4.69) is 10.9 Å². The Balaban J connectivity index is 3.51. The number of aldehydes is 1. The summed E-state index contributed by atoms with van der Waals surface area (Å²) in [4.78, 5) is 14.1. The maximum atomic E-state index is 10.3. The van der Waals surface area contributed by atoms with Gasteiger partial charge in [0.25, 0.3) is 5.89 Å². The van der Waals surface area contributed by atoms with Crippen LogP contribution in [0.5, 0.6) is 0 Å². The molecule has 60 valence electrons. The molecule has 0 aliphatic rings. The van der Waals surface area contributed by atoms with E-state index in [1.807, 2.05) is 0 Å².